The molecule has 1 heterocycles. The maximum atomic E-state index is 12.8. The number of rotatable bonds is 2. The van der Waals surface area contributed by atoms with Crippen LogP contribution in [0.5, 0.6) is 0 Å². The average Bonchev–Trinajstić information content (AvgIpc) is 2.30. The van der Waals surface area contributed by atoms with Crippen molar-refractivity contribution in [1.29, 1.82) is 0 Å². The first-order chi connectivity index (χ1) is 8.09. The Bertz CT molecular complexity index is 569. The van der Waals surface area contributed by atoms with Crippen molar-refractivity contribution in [2.75, 3.05) is 0 Å². The molecule has 0 aliphatic heterocycles. The molecule has 0 aliphatic carbocycles. The quantitative estimate of drug-likeness (QED) is 0.834. The Morgan fingerprint density at radius 2 is 1.88 bits per heavy atom. The lowest BCUT2D eigenvalue weighted by atomic mass is 10.0. The molecule has 17 heavy (non-hydrogen) atoms. The van der Waals surface area contributed by atoms with E-state index in [1.807, 2.05) is 0 Å². The van der Waals surface area contributed by atoms with Gasteiger partial charge in [0.2, 0.25) is 0 Å². The molecule has 0 fully saturated rings. The van der Waals surface area contributed by atoms with Gasteiger partial charge in [0.1, 0.15) is 11.0 Å². The fraction of sp³-hybridized carbons (Fsp3) is 0. The van der Waals surface area contributed by atoms with Crippen LogP contribution in [0.2, 0.25) is 5.15 Å². The molecule has 2 rings (SSSR count). The average molecular weight is 252 g/mol. The molecule has 1 N–H and O–H groups in total. The molecule has 0 saturated heterocycles. The van der Waals surface area contributed by atoms with Crippen LogP contribution in [0.25, 0.3) is 11.1 Å². The van der Waals surface area contributed by atoms with Gasteiger partial charge in [0.15, 0.2) is 0 Å². The molecule has 0 amide bonds. The molecule has 0 saturated carbocycles. The number of hydrogen-bond acceptors (Lipinski definition) is 2. The highest BCUT2D eigenvalue weighted by atomic mass is 35.5. The van der Waals surface area contributed by atoms with Crippen molar-refractivity contribution >= 4 is 17.6 Å². The minimum atomic E-state index is -1.10. The summed E-state index contributed by atoms with van der Waals surface area (Å²) in [4.78, 5) is 14.9. The number of pyridine rings is 1. The van der Waals surface area contributed by atoms with Gasteiger partial charge in [-0.25, -0.2) is 14.2 Å². The van der Waals surface area contributed by atoms with Crippen molar-refractivity contribution in [3.05, 3.63) is 53.1 Å². The van der Waals surface area contributed by atoms with Crippen LogP contribution in [0.1, 0.15) is 10.4 Å². The number of aromatic nitrogens is 1. The Morgan fingerprint density at radius 1 is 1.24 bits per heavy atom. The molecule has 0 spiro atoms. The van der Waals surface area contributed by atoms with Gasteiger partial charge in [0.25, 0.3) is 0 Å². The summed E-state index contributed by atoms with van der Waals surface area (Å²) in [6, 6.07) is 6.76. The molecule has 0 radical (unpaired) electrons. The van der Waals surface area contributed by atoms with Crippen molar-refractivity contribution in [2.45, 2.75) is 0 Å². The van der Waals surface area contributed by atoms with Gasteiger partial charge < -0.3 is 5.11 Å². The van der Waals surface area contributed by atoms with Crippen molar-refractivity contribution < 1.29 is 14.3 Å². The fourth-order valence-electron chi connectivity index (χ4n) is 1.51. The van der Waals surface area contributed by atoms with Crippen molar-refractivity contribution in [1.82, 2.24) is 4.98 Å². The third-order valence-corrected chi connectivity index (χ3v) is 2.55. The Morgan fingerprint density at radius 3 is 2.47 bits per heavy atom. The van der Waals surface area contributed by atoms with E-state index in [0.29, 0.717) is 11.1 Å². The predicted molar refractivity (Wildman–Crippen MR) is 61.6 cm³/mol. The van der Waals surface area contributed by atoms with E-state index < -0.39 is 11.8 Å². The van der Waals surface area contributed by atoms with Gasteiger partial charge in [0, 0.05) is 11.8 Å². The normalized spacial score (nSPS) is 10.2. The lowest BCUT2D eigenvalue weighted by Gasteiger charge is -2.07. The molecule has 0 unspecified atom stereocenters. The molecule has 0 bridgehead atoms. The third kappa shape index (κ3) is 2.26. The maximum absolute atomic E-state index is 12.8. The summed E-state index contributed by atoms with van der Waals surface area (Å²) >= 11 is 5.88. The van der Waals surface area contributed by atoms with Gasteiger partial charge in [-0.2, -0.15) is 0 Å². The van der Waals surface area contributed by atoms with E-state index >= 15 is 0 Å². The number of hydrogen-bond donors (Lipinski definition) is 1. The van der Waals surface area contributed by atoms with Crippen LogP contribution >= 0.6 is 11.6 Å². The number of aromatic carboxylic acids is 1. The summed E-state index contributed by atoms with van der Waals surface area (Å²) < 4.78 is 12.8. The zero-order valence-corrected chi connectivity index (χ0v) is 9.28. The third-order valence-electron chi connectivity index (χ3n) is 2.27. The highest BCUT2D eigenvalue weighted by molar-refractivity contribution is 6.32. The monoisotopic (exact) mass is 251 g/mol. The first kappa shape index (κ1) is 11.5. The number of benzene rings is 1. The standard InChI is InChI=1S/C12H7ClFNO2/c13-11-10(7-1-3-8(14)4-2-7)9(12(16)17)5-6-15-11/h1-6H,(H,16,17). The number of carboxylic acids is 1. The zero-order valence-electron chi connectivity index (χ0n) is 8.52. The molecule has 0 aliphatic rings. The van der Waals surface area contributed by atoms with E-state index in [4.69, 9.17) is 16.7 Å². The molecule has 0 atom stereocenters. The van der Waals surface area contributed by atoms with E-state index in [0.717, 1.165) is 0 Å². The molecule has 1 aromatic carbocycles. The highest BCUT2D eigenvalue weighted by Crippen LogP contribution is 2.29. The smallest absolute Gasteiger partial charge is 0.336 e. The zero-order chi connectivity index (χ0) is 12.4. The van der Waals surface area contributed by atoms with E-state index in [9.17, 15) is 9.18 Å². The molecule has 86 valence electrons. The first-order valence-corrected chi connectivity index (χ1v) is 5.11. The van der Waals surface area contributed by atoms with Crippen LogP contribution in [0.4, 0.5) is 4.39 Å². The summed E-state index contributed by atoms with van der Waals surface area (Å²) in [6.07, 6.45) is 1.32. The van der Waals surface area contributed by atoms with Gasteiger partial charge in [0.05, 0.1) is 5.56 Å². The van der Waals surface area contributed by atoms with Crippen molar-refractivity contribution in [3.8, 4) is 11.1 Å². The molecule has 2 aromatic rings. The van der Waals surface area contributed by atoms with Gasteiger partial charge in [-0.05, 0) is 23.8 Å². The van der Waals surface area contributed by atoms with Crippen molar-refractivity contribution in [2.24, 2.45) is 0 Å². The number of carbonyl (C=O) groups is 1. The second-order valence-corrected chi connectivity index (χ2v) is 3.69. The van der Waals surface area contributed by atoms with Crippen LogP contribution in [0.3, 0.4) is 0 Å². The minimum Gasteiger partial charge on any atom is -0.478 e. The Labute approximate surface area is 101 Å². The highest BCUT2D eigenvalue weighted by Gasteiger charge is 2.15. The summed E-state index contributed by atoms with van der Waals surface area (Å²) in [6.45, 7) is 0. The number of nitrogens with zero attached hydrogens (tertiary/aromatic N) is 1. The van der Waals surface area contributed by atoms with Crippen LogP contribution in [0.15, 0.2) is 36.5 Å². The van der Waals surface area contributed by atoms with Crippen molar-refractivity contribution in [3.63, 3.8) is 0 Å². The van der Waals surface area contributed by atoms with Crippen LogP contribution < -0.4 is 0 Å². The predicted octanol–water partition coefficient (Wildman–Crippen LogP) is 3.24. The molecule has 5 heteroatoms. The van der Waals surface area contributed by atoms with Gasteiger partial charge in [-0.3, -0.25) is 0 Å². The summed E-state index contributed by atoms with van der Waals surface area (Å²) in [5, 5.41) is 9.13. The first-order valence-electron chi connectivity index (χ1n) is 4.73. The molecular formula is C12H7ClFNO2. The number of halogens is 2. The van der Waals surface area contributed by atoms with Gasteiger partial charge in [-0.1, -0.05) is 23.7 Å². The summed E-state index contributed by atoms with van der Waals surface area (Å²) in [7, 11) is 0. The Kier molecular flexibility index (Phi) is 3.06. The van der Waals surface area contributed by atoms with E-state index in [2.05, 4.69) is 4.98 Å². The summed E-state index contributed by atoms with van der Waals surface area (Å²) in [5.41, 5.74) is 0.847. The van der Waals surface area contributed by atoms with Crippen LogP contribution in [0, 0.1) is 5.82 Å². The Hall–Kier alpha value is -1.94. The van der Waals surface area contributed by atoms with E-state index in [-0.39, 0.29) is 10.7 Å². The topological polar surface area (TPSA) is 50.2 Å². The maximum Gasteiger partial charge on any atom is 0.336 e. The molecule has 1 aromatic heterocycles. The van der Waals surface area contributed by atoms with Crippen LogP contribution in [-0.4, -0.2) is 16.1 Å². The minimum absolute atomic E-state index is 0.0385. The van der Waals surface area contributed by atoms with E-state index in [1.54, 1.807) is 0 Å². The molecule has 3 nitrogen and oxygen atoms in total. The van der Waals surface area contributed by atoms with Gasteiger partial charge >= 0.3 is 5.97 Å². The SMILES string of the molecule is O=C(O)c1ccnc(Cl)c1-c1ccc(F)cc1. The second-order valence-electron chi connectivity index (χ2n) is 3.34. The van der Waals surface area contributed by atoms with Crippen LogP contribution in [-0.2, 0) is 0 Å². The molecular weight excluding hydrogens is 245 g/mol. The Balaban J connectivity index is 2.65. The largest absolute Gasteiger partial charge is 0.478 e. The number of carboxylic acid groups (broad SMARTS) is 1. The second kappa shape index (κ2) is 4.51. The van der Waals surface area contributed by atoms with E-state index in [1.165, 1.54) is 36.5 Å². The van der Waals surface area contributed by atoms with Gasteiger partial charge in [-0.15, -0.1) is 0 Å². The summed E-state index contributed by atoms with van der Waals surface area (Å²) in [5.74, 6) is -1.50. The fourth-order valence-corrected chi connectivity index (χ4v) is 1.77. The lowest BCUT2D eigenvalue weighted by Crippen LogP contribution is -2.01. The lowest BCUT2D eigenvalue weighted by molar-refractivity contribution is 0.0697.